The normalized spacial score (nSPS) is 10.4. The standard InChI is InChI=1S/C14H13FO/c1-11-6-8-12(9-7-11)14-5-3-2-4-13(14)10-16-15/h2-9H,10H2,1H3. The summed E-state index contributed by atoms with van der Waals surface area (Å²) in [6.45, 7) is 2.03. The molecule has 2 heteroatoms. The Kier molecular flexibility index (Phi) is 3.32. The van der Waals surface area contributed by atoms with E-state index in [1.807, 2.05) is 55.5 Å². The number of rotatable bonds is 3. The van der Waals surface area contributed by atoms with E-state index in [4.69, 9.17) is 0 Å². The first-order valence-corrected chi connectivity index (χ1v) is 5.20. The zero-order valence-electron chi connectivity index (χ0n) is 9.11. The minimum Gasteiger partial charge on any atom is -0.189 e. The van der Waals surface area contributed by atoms with Crippen molar-refractivity contribution in [2.75, 3.05) is 0 Å². The van der Waals surface area contributed by atoms with Crippen LogP contribution in [0, 0.1) is 6.92 Å². The van der Waals surface area contributed by atoms with Gasteiger partial charge in [-0.15, -0.1) is 0 Å². The lowest BCUT2D eigenvalue weighted by atomic mass is 9.99. The Morgan fingerprint density at radius 2 is 1.69 bits per heavy atom. The molecule has 0 fully saturated rings. The third-order valence-corrected chi connectivity index (χ3v) is 2.59. The molecule has 2 rings (SSSR count). The summed E-state index contributed by atoms with van der Waals surface area (Å²) in [5.74, 6) is 0. The van der Waals surface area contributed by atoms with Gasteiger partial charge in [0.2, 0.25) is 0 Å². The van der Waals surface area contributed by atoms with Gasteiger partial charge in [0.05, 0.1) is 0 Å². The maximum absolute atomic E-state index is 11.9. The van der Waals surface area contributed by atoms with Crippen molar-refractivity contribution in [1.82, 2.24) is 0 Å². The summed E-state index contributed by atoms with van der Waals surface area (Å²) in [5, 5.41) is 0. The minimum absolute atomic E-state index is 0.00987. The molecule has 16 heavy (non-hydrogen) atoms. The van der Waals surface area contributed by atoms with Gasteiger partial charge in [0.15, 0.2) is 0 Å². The first kappa shape index (κ1) is 10.8. The van der Waals surface area contributed by atoms with Crippen LogP contribution in [0.4, 0.5) is 4.53 Å². The van der Waals surface area contributed by atoms with Gasteiger partial charge in [-0.25, -0.2) is 0 Å². The van der Waals surface area contributed by atoms with Crippen LogP contribution in [0.2, 0.25) is 0 Å². The summed E-state index contributed by atoms with van der Waals surface area (Å²) in [6, 6.07) is 15.8. The van der Waals surface area contributed by atoms with Crippen molar-refractivity contribution in [2.24, 2.45) is 0 Å². The highest BCUT2D eigenvalue weighted by atomic mass is 19.3. The van der Waals surface area contributed by atoms with Gasteiger partial charge in [0.25, 0.3) is 0 Å². The van der Waals surface area contributed by atoms with Crippen molar-refractivity contribution < 1.29 is 9.47 Å². The average Bonchev–Trinajstić information content (AvgIpc) is 2.32. The molecule has 0 saturated carbocycles. The van der Waals surface area contributed by atoms with Crippen molar-refractivity contribution in [3.8, 4) is 11.1 Å². The van der Waals surface area contributed by atoms with Gasteiger partial charge in [-0.2, -0.15) is 4.94 Å². The summed E-state index contributed by atoms with van der Waals surface area (Å²) in [5.41, 5.74) is 4.16. The molecule has 0 aliphatic heterocycles. The van der Waals surface area contributed by atoms with Crippen molar-refractivity contribution in [2.45, 2.75) is 13.5 Å². The van der Waals surface area contributed by atoms with Crippen LogP contribution < -0.4 is 0 Å². The molecule has 0 aromatic heterocycles. The summed E-state index contributed by atoms with van der Waals surface area (Å²) in [4.78, 5) is 3.71. The molecule has 0 spiro atoms. The lowest BCUT2D eigenvalue weighted by Gasteiger charge is -2.07. The largest absolute Gasteiger partial charge is 0.189 e. The smallest absolute Gasteiger partial charge is 0.113 e. The summed E-state index contributed by atoms with van der Waals surface area (Å²) >= 11 is 0. The zero-order chi connectivity index (χ0) is 11.4. The van der Waals surface area contributed by atoms with Crippen molar-refractivity contribution in [1.29, 1.82) is 0 Å². The Bertz CT molecular complexity index is 462. The van der Waals surface area contributed by atoms with E-state index < -0.39 is 0 Å². The Hall–Kier alpha value is -1.67. The first-order chi connectivity index (χ1) is 7.81. The first-order valence-electron chi connectivity index (χ1n) is 5.20. The lowest BCUT2D eigenvalue weighted by Crippen LogP contribution is -1.90. The zero-order valence-corrected chi connectivity index (χ0v) is 9.11. The molecule has 0 aliphatic rings. The van der Waals surface area contributed by atoms with E-state index in [2.05, 4.69) is 4.94 Å². The van der Waals surface area contributed by atoms with E-state index in [0.717, 1.165) is 16.7 Å². The molecule has 0 radical (unpaired) electrons. The Morgan fingerprint density at radius 1 is 1.00 bits per heavy atom. The maximum atomic E-state index is 11.9. The molecule has 82 valence electrons. The van der Waals surface area contributed by atoms with E-state index in [1.165, 1.54) is 5.56 Å². The van der Waals surface area contributed by atoms with Crippen LogP contribution in [0.1, 0.15) is 11.1 Å². The highest BCUT2D eigenvalue weighted by Gasteiger charge is 2.04. The second-order valence-electron chi connectivity index (χ2n) is 3.78. The summed E-state index contributed by atoms with van der Waals surface area (Å²) in [7, 11) is 0. The molecule has 0 unspecified atom stereocenters. The number of aryl methyl sites for hydroxylation is 1. The molecule has 0 aliphatic carbocycles. The fraction of sp³-hybridized carbons (Fsp3) is 0.143. The molecular formula is C14H13FO. The molecule has 0 saturated heterocycles. The molecule has 1 nitrogen and oxygen atoms in total. The lowest BCUT2D eigenvalue weighted by molar-refractivity contribution is -0.143. The predicted octanol–water partition coefficient (Wildman–Crippen LogP) is 4.06. The van der Waals surface area contributed by atoms with Crippen molar-refractivity contribution >= 4 is 0 Å². The molecule has 0 bridgehead atoms. The van der Waals surface area contributed by atoms with Crippen LogP contribution in [0.15, 0.2) is 48.5 Å². The second-order valence-corrected chi connectivity index (χ2v) is 3.78. The monoisotopic (exact) mass is 216 g/mol. The quantitative estimate of drug-likeness (QED) is 0.751. The number of benzene rings is 2. The maximum Gasteiger partial charge on any atom is 0.113 e. The highest BCUT2D eigenvalue weighted by Crippen LogP contribution is 2.24. The molecule has 0 N–H and O–H groups in total. The SMILES string of the molecule is Cc1ccc(-c2ccccc2COF)cc1. The predicted molar refractivity (Wildman–Crippen MR) is 62.5 cm³/mol. The second kappa shape index (κ2) is 4.90. The molecular weight excluding hydrogens is 203 g/mol. The summed E-state index contributed by atoms with van der Waals surface area (Å²) in [6.07, 6.45) is 0. The Balaban J connectivity index is 2.42. The van der Waals surface area contributed by atoms with Crippen LogP contribution in [-0.4, -0.2) is 0 Å². The van der Waals surface area contributed by atoms with E-state index in [0.29, 0.717) is 0 Å². The molecule has 0 heterocycles. The number of hydrogen-bond acceptors (Lipinski definition) is 1. The van der Waals surface area contributed by atoms with Crippen LogP contribution >= 0.6 is 0 Å². The Labute approximate surface area is 94.4 Å². The molecule has 2 aromatic carbocycles. The van der Waals surface area contributed by atoms with Crippen LogP contribution in [-0.2, 0) is 11.5 Å². The topological polar surface area (TPSA) is 9.23 Å². The van der Waals surface area contributed by atoms with Gasteiger partial charge in [-0.3, -0.25) is 0 Å². The third-order valence-electron chi connectivity index (χ3n) is 2.59. The van der Waals surface area contributed by atoms with Crippen LogP contribution in [0.5, 0.6) is 0 Å². The van der Waals surface area contributed by atoms with E-state index >= 15 is 0 Å². The van der Waals surface area contributed by atoms with Gasteiger partial charge < -0.3 is 0 Å². The number of hydrogen-bond donors (Lipinski definition) is 0. The average molecular weight is 216 g/mol. The Morgan fingerprint density at radius 3 is 2.38 bits per heavy atom. The van der Waals surface area contributed by atoms with Crippen LogP contribution in [0.3, 0.4) is 0 Å². The van der Waals surface area contributed by atoms with Gasteiger partial charge in [0.1, 0.15) is 6.61 Å². The molecule has 2 aromatic rings. The van der Waals surface area contributed by atoms with E-state index in [1.54, 1.807) is 0 Å². The molecule has 0 amide bonds. The fourth-order valence-corrected chi connectivity index (χ4v) is 1.72. The summed E-state index contributed by atoms with van der Waals surface area (Å²) < 4.78 is 11.9. The van der Waals surface area contributed by atoms with E-state index in [9.17, 15) is 4.53 Å². The van der Waals surface area contributed by atoms with Gasteiger partial charge in [0, 0.05) is 0 Å². The molecule has 0 atom stereocenters. The fourth-order valence-electron chi connectivity index (χ4n) is 1.72. The van der Waals surface area contributed by atoms with Gasteiger partial charge in [-0.05, 0) is 28.1 Å². The van der Waals surface area contributed by atoms with Gasteiger partial charge >= 0.3 is 0 Å². The third kappa shape index (κ3) is 2.28. The van der Waals surface area contributed by atoms with Crippen molar-refractivity contribution in [3.63, 3.8) is 0 Å². The van der Waals surface area contributed by atoms with Gasteiger partial charge in [-0.1, -0.05) is 54.1 Å². The minimum atomic E-state index is -0.00987. The number of halogens is 1. The highest BCUT2D eigenvalue weighted by molar-refractivity contribution is 5.67. The van der Waals surface area contributed by atoms with Crippen LogP contribution in [0.25, 0.3) is 11.1 Å². The van der Waals surface area contributed by atoms with E-state index in [-0.39, 0.29) is 6.61 Å². The van der Waals surface area contributed by atoms with Crippen molar-refractivity contribution in [3.05, 3.63) is 59.7 Å².